The number of aromatic nitrogens is 1. The van der Waals surface area contributed by atoms with E-state index in [-0.39, 0.29) is 10.7 Å². The van der Waals surface area contributed by atoms with Crippen LogP contribution < -0.4 is 10.6 Å². The number of carbonyl (C=O) groups excluding carboxylic acids is 2. The summed E-state index contributed by atoms with van der Waals surface area (Å²) in [5.41, 5.74) is -0.691. The predicted molar refractivity (Wildman–Crippen MR) is 72.1 cm³/mol. The molecule has 2 aromatic rings. The number of nitrogens with zero attached hydrogens (tertiary/aromatic N) is 1. The van der Waals surface area contributed by atoms with Crippen LogP contribution in [-0.4, -0.2) is 16.9 Å². The van der Waals surface area contributed by atoms with E-state index >= 15 is 0 Å². The Bertz CT molecular complexity index is 689. The van der Waals surface area contributed by atoms with Gasteiger partial charge in [-0.1, -0.05) is 17.7 Å². The number of halogens is 3. The Hall–Kier alpha value is -2.54. The summed E-state index contributed by atoms with van der Waals surface area (Å²) in [7, 11) is 0. The van der Waals surface area contributed by atoms with Crippen LogP contribution in [0.5, 0.6) is 0 Å². The summed E-state index contributed by atoms with van der Waals surface area (Å²) in [5.74, 6) is -2.77. The molecule has 0 radical (unpaired) electrons. The first-order chi connectivity index (χ1) is 9.99. The van der Waals surface area contributed by atoms with Crippen LogP contribution in [0.4, 0.5) is 19.3 Å². The molecule has 5 nitrogen and oxygen atoms in total. The molecule has 8 heteroatoms. The maximum atomic E-state index is 13.3. The third-order valence-electron chi connectivity index (χ3n) is 2.43. The normalized spacial score (nSPS) is 10.0. The molecule has 0 saturated heterocycles. The van der Waals surface area contributed by atoms with Gasteiger partial charge in [-0.15, -0.1) is 0 Å². The van der Waals surface area contributed by atoms with Gasteiger partial charge in [0.05, 0.1) is 5.56 Å². The zero-order valence-corrected chi connectivity index (χ0v) is 11.1. The average Bonchev–Trinajstić information content (AvgIpc) is 2.43. The zero-order valence-electron chi connectivity index (χ0n) is 10.4. The molecule has 1 aromatic carbocycles. The number of imide groups is 1. The zero-order chi connectivity index (χ0) is 15.4. The van der Waals surface area contributed by atoms with Crippen molar-refractivity contribution in [1.29, 1.82) is 0 Å². The molecular weight excluding hydrogens is 304 g/mol. The quantitative estimate of drug-likeness (QED) is 0.838. The monoisotopic (exact) mass is 311 g/mol. The van der Waals surface area contributed by atoms with Crippen LogP contribution in [0.2, 0.25) is 5.15 Å². The third kappa shape index (κ3) is 3.51. The number of amides is 3. The van der Waals surface area contributed by atoms with Crippen molar-refractivity contribution in [1.82, 2.24) is 10.3 Å². The molecule has 2 rings (SSSR count). The molecule has 0 bridgehead atoms. The van der Waals surface area contributed by atoms with E-state index in [1.807, 2.05) is 10.6 Å². The maximum Gasteiger partial charge on any atom is 0.326 e. The highest BCUT2D eigenvalue weighted by molar-refractivity contribution is 6.33. The largest absolute Gasteiger partial charge is 0.326 e. The number of carbonyl (C=O) groups is 2. The molecular formula is C13H8ClF2N3O2. The highest BCUT2D eigenvalue weighted by atomic mass is 35.5. The van der Waals surface area contributed by atoms with Crippen LogP contribution in [-0.2, 0) is 0 Å². The van der Waals surface area contributed by atoms with Crippen molar-refractivity contribution < 1.29 is 18.4 Å². The minimum absolute atomic E-state index is 0.0386. The van der Waals surface area contributed by atoms with Gasteiger partial charge in [-0.3, -0.25) is 10.1 Å². The van der Waals surface area contributed by atoms with Crippen LogP contribution in [0.1, 0.15) is 10.4 Å². The SMILES string of the molecule is O=C(NC(=O)c1cccnc1Cl)Nc1c(F)cccc1F. The van der Waals surface area contributed by atoms with Crippen molar-refractivity contribution in [3.8, 4) is 0 Å². The number of anilines is 1. The van der Waals surface area contributed by atoms with E-state index in [1.54, 1.807) is 0 Å². The van der Waals surface area contributed by atoms with Gasteiger partial charge in [0.25, 0.3) is 5.91 Å². The molecule has 0 saturated carbocycles. The number of hydrogen-bond donors (Lipinski definition) is 2. The van der Waals surface area contributed by atoms with Gasteiger partial charge in [-0.2, -0.15) is 0 Å². The van der Waals surface area contributed by atoms with Crippen molar-refractivity contribution >= 4 is 29.2 Å². The summed E-state index contributed by atoms with van der Waals surface area (Å²) in [5, 5.41) is 3.71. The fraction of sp³-hybridized carbons (Fsp3) is 0. The molecule has 0 aliphatic heterocycles. The Morgan fingerprint density at radius 2 is 1.76 bits per heavy atom. The second-order valence-corrected chi connectivity index (χ2v) is 4.20. The first-order valence-electron chi connectivity index (χ1n) is 5.66. The Morgan fingerprint density at radius 3 is 2.38 bits per heavy atom. The maximum absolute atomic E-state index is 13.3. The van der Waals surface area contributed by atoms with Crippen molar-refractivity contribution in [3.05, 3.63) is 58.9 Å². The van der Waals surface area contributed by atoms with Crippen molar-refractivity contribution in [2.45, 2.75) is 0 Å². The standard InChI is InChI=1S/C13H8ClF2N3O2/c14-11-7(3-2-6-17-11)12(20)19-13(21)18-10-8(15)4-1-5-9(10)16/h1-6H,(H2,18,19,20,21). The highest BCUT2D eigenvalue weighted by Crippen LogP contribution is 2.18. The Morgan fingerprint density at radius 1 is 1.10 bits per heavy atom. The lowest BCUT2D eigenvalue weighted by Gasteiger charge is -2.08. The van der Waals surface area contributed by atoms with Crippen LogP contribution >= 0.6 is 11.6 Å². The van der Waals surface area contributed by atoms with Gasteiger partial charge in [0.2, 0.25) is 0 Å². The predicted octanol–water partition coefficient (Wildman–Crippen LogP) is 2.98. The summed E-state index contributed by atoms with van der Waals surface area (Å²) >= 11 is 5.69. The van der Waals surface area contributed by atoms with Gasteiger partial charge in [-0.25, -0.2) is 18.6 Å². The van der Waals surface area contributed by atoms with E-state index in [4.69, 9.17) is 11.6 Å². The molecule has 0 aliphatic carbocycles. The molecule has 1 heterocycles. The Kier molecular flexibility index (Phi) is 4.44. The van der Waals surface area contributed by atoms with E-state index in [2.05, 4.69) is 4.98 Å². The van der Waals surface area contributed by atoms with Crippen molar-refractivity contribution in [2.24, 2.45) is 0 Å². The second-order valence-electron chi connectivity index (χ2n) is 3.85. The van der Waals surface area contributed by atoms with Gasteiger partial charge < -0.3 is 5.32 Å². The number of para-hydroxylation sites is 1. The number of urea groups is 1. The molecule has 21 heavy (non-hydrogen) atoms. The molecule has 108 valence electrons. The van der Waals surface area contributed by atoms with E-state index in [0.717, 1.165) is 18.2 Å². The average molecular weight is 312 g/mol. The fourth-order valence-corrected chi connectivity index (χ4v) is 1.69. The summed E-state index contributed by atoms with van der Waals surface area (Å²) in [4.78, 5) is 27.0. The lowest BCUT2D eigenvalue weighted by atomic mass is 10.2. The smallest absolute Gasteiger partial charge is 0.302 e. The third-order valence-corrected chi connectivity index (χ3v) is 2.73. The van der Waals surface area contributed by atoms with Crippen LogP contribution in [0.3, 0.4) is 0 Å². The van der Waals surface area contributed by atoms with E-state index in [1.165, 1.54) is 18.3 Å². The van der Waals surface area contributed by atoms with Gasteiger partial charge in [-0.05, 0) is 24.3 Å². The van der Waals surface area contributed by atoms with Crippen molar-refractivity contribution in [2.75, 3.05) is 5.32 Å². The number of pyridine rings is 1. The molecule has 0 aliphatic rings. The number of benzene rings is 1. The minimum atomic E-state index is -1.09. The van der Waals surface area contributed by atoms with Crippen LogP contribution in [0.25, 0.3) is 0 Å². The lowest BCUT2D eigenvalue weighted by molar-refractivity contribution is 0.0967. The number of hydrogen-bond acceptors (Lipinski definition) is 3. The number of nitrogens with one attached hydrogen (secondary N) is 2. The highest BCUT2D eigenvalue weighted by Gasteiger charge is 2.16. The van der Waals surface area contributed by atoms with Gasteiger partial charge >= 0.3 is 6.03 Å². The molecule has 0 fully saturated rings. The fourth-order valence-electron chi connectivity index (χ4n) is 1.49. The topological polar surface area (TPSA) is 71.1 Å². The summed E-state index contributed by atoms with van der Waals surface area (Å²) < 4.78 is 26.7. The Balaban J connectivity index is 2.09. The summed E-state index contributed by atoms with van der Waals surface area (Å²) in [6.07, 6.45) is 1.37. The molecule has 0 spiro atoms. The van der Waals surface area contributed by atoms with Gasteiger partial charge in [0.1, 0.15) is 22.5 Å². The number of rotatable bonds is 2. The first-order valence-corrected chi connectivity index (χ1v) is 6.03. The molecule has 0 unspecified atom stereocenters. The van der Waals surface area contributed by atoms with Gasteiger partial charge in [0, 0.05) is 6.20 Å². The van der Waals surface area contributed by atoms with E-state index < -0.39 is 29.3 Å². The lowest BCUT2D eigenvalue weighted by Crippen LogP contribution is -2.35. The van der Waals surface area contributed by atoms with E-state index in [0.29, 0.717) is 0 Å². The summed E-state index contributed by atoms with van der Waals surface area (Å²) in [6.45, 7) is 0. The minimum Gasteiger partial charge on any atom is -0.302 e. The van der Waals surface area contributed by atoms with Gasteiger partial charge in [0.15, 0.2) is 0 Å². The molecule has 0 atom stereocenters. The van der Waals surface area contributed by atoms with Crippen molar-refractivity contribution in [3.63, 3.8) is 0 Å². The second kappa shape index (κ2) is 6.27. The molecule has 2 N–H and O–H groups in total. The molecule has 3 amide bonds. The van der Waals surface area contributed by atoms with Crippen LogP contribution in [0, 0.1) is 11.6 Å². The van der Waals surface area contributed by atoms with E-state index in [9.17, 15) is 18.4 Å². The van der Waals surface area contributed by atoms with Crippen LogP contribution in [0.15, 0.2) is 36.5 Å². The first kappa shape index (κ1) is 14.9. The summed E-state index contributed by atoms with van der Waals surface area (Å²) in [6, 6.07) is 4.80. The molecule has 1 aromatic heterocycles. The Labute approximate surface area is 122 Å².